The fourth-order valence-electron chi connectivity index (χ4n) is 1.58. The van der Waals surface area contributed by atoms with E-state index in [1.54, 1.807) is 38.3 Å². The minimum absolute atomic E-state index is 0.135. The lowest BCUT2D eigenvalue weighted by Gasteiger charge is -2.13. The van der Waals surface area contributed by atoms with Crippen LogP contribution in [0.5, 0.6) is 5.75 Å². The molecule has 1 aromatic rings. The second-order valence-electron chi connectivity index (χ2n) is 3.55. The van der Waals surface area contributed by atoms with Gasteiger partial charge in [-0.25, -0.2) is 4.79 Å². The number of hydrogen-bond donors (Lipinski definition) is 0. The monoisotopic (exact) mass is 250 g/mol. The van der Waals surface area contributed by atoms with Gasteiger partial charge in [0.05, 0.1) is 12.2 Å². The molecule has 0 saturated carbocycles. The summed E-state index contributed by atoms with van der Waals surface area (Å²) >= 11 is 0. The summed E-state index contributed by atoms with van der Waals surface area (Å²) in [6.45, 7) is 5.94. The van der Waals surface area contributed by atoms with Crippen LogP contribution in [-0.2, 0) is 15.9 Å². The Balaban J connectivity index is 3.07. The number of methoxy groups -OCH3 is 1. The van der Waals surface area contributed by atoms with Gasteiger partial charge in [-0.2, -0.15) is 0 Å². The number of benzene rings is 1. The highest BCUT2D eigenvalue weighted by molar-refractivity contribution is 5.92. The molecule has 0 aromatic heterocycles. The fourth-order valence-corrected chi connectivity index (χ4v) is 1.58. The van der Waals surface area contributed by atoms with Crippen LogP contribution in [0.4, 0.5) is 0 Å². The topological polar surface area (TPSA) is 44.8 Å². The van der Waals surface area contributed by atoms with E-state index >= 15 is 0 Å². The van der Waals surface area contributed by atoms with Crippen LogP contribution in [0.1, 0.15) is 22.8 Å². The van der Waals surface area contributed by atoms with Crippen molar-refractivity contribution in [3.63, 3.8) is 0 Å². The first kappa shape index (κ1) is 14.3. The van der Waals surface area contributed by atoms with Crippen molar-refractivity contribution in [1.82, 2.24) is 0 Å². The molecule has 0 fully saturated rings. The number of ether oxygens (including phenoxy) is 3. The molecule has 0 saturated heterocycles. The van der Waals surface area contributed by atoms with E-state index in [1.165, 1.54) is 0 Å². The average molecular weight is 250 g/mol. The lowest BCUT2D eigenvalue weighted by Crippen LogP contribution is -2.10. The SMILES string of the molecule is C=CCc1c(OCOC)cccc1C(=O)OCC. The summed E-state index contributed by atoms with van der Waals surface area (Å²) in [5, 5.41) is 0. The maximum Gasteiger partial charge on any atom is 0.338 e. The predicted octanol–water partition coefficient (Wildman–Crippen LogP) is 2.57. The molecule has 0 N–H and O–H groups in total. The lowest BCUT2D eigenvalue weighted by molar-refractivity contribution is 0.0483. The Morgan fingerprint density at radius 2 is 2.22 bits per heavy atom. The van der Waals surface area contributed by atoms with Gasteiger partial charge in [0, 0.05) is 12.7 Å². The fraction of sp³-hybridized carbons (Fsp3) is 0.357. The van der Waals surface area contributed by atoms with Crippen molar-refractivity contribution in [2.75, 3.05) is 20.5 Å². The summed E-state index contributed by atoms with van der Waals surface area (Å²) < 4.78 is 15.3. The van der Waals surface area contributed by atoms with E-state index in [9.17, 15) is 4.79 Å². The van der Waals surface area contributed by atoms with Crippen LogP contribution >= 0.6 is 0 Å². The Bertz CT molecular complexity index is 412. The van der Waals surface area contributed by atoms with Gasteiger partial charge in [0.25, 0.3) is 0 Å². The van der Waals surface area contributed by atoms with E-state index in [-0.39, 0.29) is 12.8 Å². The minimum atomic E-state index is -0.350. The lowest BCUT2D eigenvalue weighted by atomic mass is 10.0. The summed E-state index contributed by atoms with van der Waals surface area (Å²) in [5.74, 6) is 0.263. The van der Waals surface area contributed by atoms with Crippen LogP contribution in [0.3, 0.4) is 0 Å². The predicted molar refractivity (Wildman–Crippen MR) is 68.8 cm³/mol. The number of hydrogen-bond acceptors (Lipinski definition) is 4. The number of carbonyl (C=O) groups excluding carboxylic acids is 1. The summed E-state index contributed by atoms with van der Waals surface area (Å²) in [6.07, 6.45) is 2.26. The van der Waals surface area contributed by atoms with Gasteiger partial charge in [-0.1, -0.05) is 12.1 Å². The smallest absolute Gasteiger partial charge is 0.338 e. The van der Waals surface area contributed by atoms with E-state index < -0.39 is 0 Å². The van der Waals surface area contributed by atoms with Gasteiger partial charge >= 0.3 is 5.97 Å². The van der Waals surface area contributed by atoms with E-state index in [1.807, 2.05) is 0 Å². The molecule has 0 aliphatic carbocycles. The van der Waals surface area contributed by atoms with Gasteiger partial charge in [-0.3, -0.25) is 0 Å². The van der Waals surface area contributed by atoms with Gasteiger partial charge in [-0.05, 0) is 25.5 Å². The second kappa shape index (κ2) is 7.50. The largest absolute Gasteiger partial charge is 0.467 e. The van der Waals surface area contributed by atoms with Crippen molar-refractivity contribution in [1.29, 1.82) is 0 Å². The molecule has 0 aliphatic heterocycles. The van der Waals surface area contributed by atoms with Crippen LogP contribution in [-0.4, -0.2) is 26.5 Å². The Hall–Kier alpha value is -1.81. The zero-order chi connectivity index (χ0) is 13.4. The Labute approximate surface area is 107 Å². The molecule has 4 nitrogen and oxygen atoms in total. The Kier molecular flexibility index (Phi) is 5.94. The molecule has 0 bridgehead atoms. The van der Waals surface area contributed by atoms with Crippen LogP contribution in [0.2, 0.25) is 0 Å². The second-order valence-corrected chi connectivity index (χ2v) is 3.55. The third-order valence-electron chi connectivity index (χ3n) is 2.31. The molecule has 0 heterocycles. The first-order chi connectivity index (χ1) is 8.74. The highest BCUT2D eigenvalue weighted by Crippen LogP contribution is 2.24. The number of rotatable bonds is 7. The molecule has 98 valence electrons. The van der Waals surface area contributed by atoms with Gasteiger partial charge in [-0.15, -0.1) is 6.58 Å². The Morgan fingerprint density at radius 1 is 1.44 bits per heavy atom. The van der Waals surface area contributed by atoms with E-state index in [0.717, 1.165) is 5.56 Å². The van der Waals surface area contributed by atoms with Gasteiger partial charge in [0.2, 0.25) is 0 Å². The molecule has 0 atom stereocenters. The molecule has 0 amide bonds. The van der Waals surface area contributed by atoms with Crippen molar-refractivity contribution in [2.24, 2.45) is 0 Å². The number of allylic oxidation sites excluding steroid dienone is 1. The molecule has 0 unspecified atom stereocenters. The maximum absolute atomic E-state index is 11.8. The molecule has 0 aliphatic rings. The average Bonchev–Trinajstić information content (AvgIpc) is 2.38. The van der Waals surface area contributed by atoms with Gasteiger partial charge in [0.15, 0.2) is 6.79 Å². The van der Waals surface area contributed by atoms with Crippen LogP contribution in [0.25, 0.3) is 0 Å². The molecule has 18 heavy (non-hydrogen) atoms. The molecule has 0 spiro atoms. The van der Waals surface area contributed by atoms with Crippen molar-refractivity contribution in [2.45, 2.75) is 13.3 Å². The normalized spacial score (nSPS) is 9.89. The third kappa shape index (κ3) is 3.60. The third-order valence-corrected chi connectivity index (χ3v) is 2.31. The molecular formula is C14H18O4. The van der Waals surface area contributed by atoms with Crippen LogP contribution < -0.4 is 4.74 Å². The van der Waals surface area contributed by atoms with Gasteiger partial charge in [0.1, 0.15) is 5.75 Å². The summed E-state index contributed by atoms with van der Waals surface area (Å²) in [4.78, 5) is 11.8. The standard InChI is InChI=1S/C14H18O4/c1-4-7-11-12(14(15)17-5-2)8-6-9-13(11)18-10-16-3/h4,6,8-9H,1,5,7,10H2,2-3H3. The summed E-state index contributed by atoms with van der Waals surface area (Å²) in [6, 6.07) is 5.26. The first-order valence-electron chi connectivity index (χ1n) is 5.76. The zero-order valence-electron chi connectivity index (χ0n) is 10.8. The summed E-state index contributed by atoms with van der Waals surface area (Å²) in [7, 11) is 1.54. The maximum atomic E-state index is 11.8. The molecule has 0 radical (unpaired) electrons. The van der Waals surface area contributed by atoms with Crippen LogP contribution in [0, 0.1) is 0 Å². The minimum Gasteiger partial charge on any atom is -0.467 e. The van der Waals surface area contributed by atoms with Crippen molar-refractivity contribution in [3.8, 4) is 5.75 Å². The molecule has 4 heteroatoms. The Morgan fingerprint density at radius 3 is 2.83 bits per heavy atom. The van der Waals surface area contributed by atoms with E-state index in [2.05, 4.69) is 6.58 Å². The van der Waals surface area contributed by atoms with Crippen molar-refractivity contribution in [3.05, 3.63) is 42.0 Å². The summed E-state index contributed by atoms with van der Waals surface area (Å²) in [5.41, 5.74) is 1.27. The van der Waals surface area contributed by atoms with E-state index in [0.29, 0.717) is 24.3 Å². The highest BCUT2D eigenvalue weighted by atomic mass is 16.7. The first-order valence-corrected chi connectivity index (χ1v) is 5.76. The highest BCUT2D eigenvalue weighted by Gasteiger charge is 2.15. The van der Waals surface area contributed by atoms with Crippen molar-refractivity contribution >= 4 is 5.97 Å². The molecule has 1 rings (SSSR count). The quantitative estimate of drug-likeness (QED) is 0.424. The van der Waals surface area contributed by atoms with E-state index in [4.69, 9.17) is 14.2 Å². The number of esters is 1. The van der Waals surface area contributed by atoms with Crippen molar-refractivity contribution < 1.29 is 19.0 Å². The molecule has 1 aromatic carbocycles. The van der Waals surface area contributed by atoms with Gasteiger partial charge < -0.3 is 14.2 Å². The zero-order valence-corrected chi connectivity index (χ0v) is 10.8. The molecular weight excluding hydrogens is 232 g/mol. The van der Waals surface area contributed by atoms with Crippen LogP contribution in [0.15, 0.2) is 30.9 Å². The number of carbonyl (C=O) groups is 1.